The van der Waals surface area contributed by atoms with Gasteiger partial charge >= 0.3 is 6.61 Å². The fourth-order valence-electron chi connectivity index (χ4n) is 3.99. The number of hydrogen-bond acceptors (Lipinski definition) is 6. The third-order valence-corrected chi connectivity index (χ3v) is 5.51. The first-order chi connectivity index (χ1) is 16.1. The molecule has 1 aliphatic rings. The first-order valence-electron chi connectivity index (χ1n) is 10.8. The van der Waals surface area contributed by atoms with Gasteiger partial charge in [-0.15, -0.1) is 0 Å². The number of nitrogens with one attached hydrogen (secondary N) is 1. The van der Waals surface area contributed by atoms with Crippen LogP contribution in [0.15, 0.2) is 67.0 Å². The topological polar surface area (TPSA) is 69.2 Å². The van der Waals surface area contributed by atoms with E-state index in [4.69, 9.17) is 14.7 Å². The molecule has 0 unspecified atom stereocenters. The maximum Gasteiger partial charge on any atom is 0.387 e. The van der Waals surface area contributed by atoms with Gasteiger partial charge in [0.25, 0.3) is 0 Å². The zero-order valence-electron chi connectivity index (χ0n) is 17.7. The Bertz CT molecular complexity index is 1250. The van der Waals surface area contributed by atoms with Gasteiger partial charge in [-0.25, -0.2) is 9.97 Å². The lowest BCUT2D eigenvalue weighted by atomic mass is 10.2. The van der Waals surface area contributed by atoms with Crippen molar-refractivity contribution in [2.75, 3.05) is 5.32 Å². The Morgan fingerprint density at radius 1 is 0.939 bits per heavy atom. The van der Waals surface area contributed by atoms with Gasteiger partial charge in [0.1, 0.15) is 17.3 Å². The van der Waals surface area contributed by atoms with Crippen LogP contribution in [-0.2, 0) is 0 Å². The van der Waals surface area contributed by atoms with E-state index in [1.807, 2.05) is 30.3 Å². The second-order valence-corrected chi connectivity index (χ2v) is 7.87. The summed E-state index contributed by atoms with van der Waals surface area (Å²) in [5, 5.41) is 4.00. The molecule has 1 saturated carbocycles. The molecule has 4 aromatic rings. The van der Waals surface area contributed by atoms with Crippen LogP contribution in [0.2, 0.25) is 0 Å². The van der Waals surface area contributed by atoms with Gasteiger partial charge < -0.3 is 14.8 Å². The molecule has 2 aromatic heterocycles. The van der Waals surface area contributed by atoms with Crippen LogP contribution in [0, 0.1) is 0 Å². The van der Waals surface area contributed by atoms with Crippen molar-refractivity contribution in [3.8, 4) is 22.9 Å². The fraction of sp³-hybridized carbons (Fsp3) is 0.240. The lowest BCUT2D eigenvalue weighted by Gasteiger charge is -2.16. The Kier molecular flexibility index (Phi) is 5.97. The number of nitrogens with zero attached hydrogens (tertiary/aromatic N) is 3. The Labute approximate surface area is 189 Å². The lowest BCUT2D eigenvalue weighted by Crippen LogP contribution is -2.10. The Balaban J connectivity index is 1.55. The van der Waals surface area contributed by atoms with E-state index in [1.54, 1.807) is 24.5 Å². The van der Waals surface area contributed by atoms with Gasteiger partial charge in [-0.3, -0.25) is 4.98 Å². The highest BCUT2D eigenvalue weighted by molar-refractivity contribution is 5.93. The quantitative estimate of drug-likeness (QED) is 0.355. The molecular formula is C25H22F2N4O2. The Morgan fingerprint density at radius 2 is 1.82 bits per heavy atom. The zero-order chi connectivity index (χ0) is 22.6. The Morgan fingerprint density at radius 3 is 2.61 bits per heavy atom. The predicted octanol–water partition coefficient (Wildman–Crippen LogP) is 6.36. The molecule has 1 aliphatic carbocycles. The minimum atomic E-state index is -2.90. The van der Waals surface area contributed by atoms with Crippen LogP contribution < -0.4 is 14.8 Å². The molecule has 1 fully saturated rings. The first kappa shape index (κ1) is 21.1. The highest BCUT2D eigenvalue weighted by atomic mass is 19.3. The third kappa shape index (κ3) is 5.00. The van der Waals surface area contributed by atoms with Crippen LogP contribution in [0.5, 0.6) is 11.5 Å². The van der Waals surface area contributed by atoms with E-state index >= 15 is 0 Å². The predicted molar refractivity (Wildman–Crippen MR) is 122 cm³/mol. The number of ether oxygens (including phenoxy) is 2. The van der Waals surface area contributed by atoms with Crippen molar-refractivity contribution < 1.29 is 18.3 Å². The standard InChI is InChI=1S/C25H22F2N4O2/c26-25(27)33-19-9-3-6-17(13-19)29-24-21-14-20(32-18-7-1-2-8-18)10-11-22(21)30-23(31-24)16-5-4-12-28-15-16/h3-6,9-15,18,25H,1-2,7-8H2,(H,29,30,31). The largest absolute Gasteiger partial charge is 0.490 e. The minimum absolute atomic E-state index is 0.0612. The average Bonchev–Trinajstić information content (AvgIpc) is 3.33. The summed E-state index contributed by atoms with van der Waals surface area (Å²) in [6, 6.07) is 15.8. The van der Waals surface area contributed by atoms with Gasteiger partial charge in [-0.1, -0.05) is 6.07 Å². The molecular weight excluding hydrogens is 426 g/mol. The smallest absolute Gasteiger partial charge is 0.387 e. The molecule has 0 bridgehead atoms. The van der Waals surface area contributed by atoms with Crippen LogP contribution in [0.4, 0.5) is 20.3 Å². The van der Waals surface area contributed by atoms with Crippen molar-refractivity contribution in [1.82, 2.24) is 15.0 Å². The van der Waals surface area contributed by atoms with E-state index in [9.17, 15) is 8.78 Å². The average molecular weight is 448 g/mol. The molecule has 5 rings (SSSR count). The highest BCUT2D eigenvalue weighted by Gasteiger charge is 2.18. The van der Waals surface area contributed by atoms with Crippen molar-refractivity contribution in [2.24, 2.45) is 0 Å². The summed E-state index contributed by atoms with van der Waals surface area (Å²) in [4.78, 5) is 13.6. The summed E-state index contributed by atoms with van der Waals surface area (Å²) in [5.74, 6) is 1.85. The van der Waals surface area contributed by atoms with Crippen molar-refractivity contribution in [3.63, 3.8) is 0 Å². The number of anilines is 2. The van der Waals surface area contributed by atoms with Crippen LogP contribution in [0.1, 0.15) is 25.7 Å². The first-order valence-corrected chi connectivity index (χ1v) is 10.8. The SMILES string of the molecule is FC(F)Oc1cccc(Nc2nc(-c3cccnc3)nc3ccc(OC4CCCC4)cc23)c1. The molecule has 0 saturated heterocycles. The maximum absolute atomic E-state index is 12.7. The maximum atomic E-state index is 12.7. The molecule has 168 valence electrons. The van der Waals surface area contributed by atoms with Gasteiger partial charge in [-0.2, -0.15) is 8.78 Å². The molecule has 0 aliphatic heterocycles. The van der Waals surface area contributed by atoms with E-state index in [-0.39, 0.29) is 11.9 Å². The molecule has 2 heterocycles. The van der Waals surface area contributed by atoms with Gasteiger partial charge in [0.15, 0.2) is 5.82 Å². The Hall–Kier alpha value is -3.81. The van der Waals surface area contributed by atoms with Gasteiger partial charge in [0.2, 0.25) is 0 Å². The van der Waals surface area contributed by atoms with E-state index in [0.29, 0.717) is 17.3 Å². The van der Waals surface area contributed by atoms with E-state index < -0.39 is 6.61 Å². The lowest BCUT2D eigenvalue weighted by molar-refractivity contribution is -0.0498. The molecule has 33 heavy (non-hydrogen) atoms. The summed E-state index contributed by atoms with van der Waals surface area (Å²) in [7, 11) is 0. The molecule has 8 heteroatoms. The van der Waals surface area contributed by atoms with Gasteiger partial charge in [0, 0.05) is 35.1 Å². The number of hydrogen-bond donors (Lipinski definition) is 1. The number of rotatable bonds is 7. The van der Waals surface area contributed by atoms with Crippen LogP contribution in [0.3, 0.4) is 0 Å². The van der Waals surface area contributed by atoms with Crippen molar-refractivity contribution in [1.29, 1.82) is 0 Å². The molecule has 0 spiro atoms. The summed E-state index contributed by atoms with van der Waals surface area (Å²) in [6.07, 6.45) is 8.06. The molecule has 6 nitrogen and oxygen atoms in total. The normalized spacial score (nSPS) is 14.0. The number of halogens is 2. The second-order valence-electron chi connectivity index (χ2n) is 7.87. The molecule has 2 aromatic carbocycles. The van der Waals surface area contributed by atoms with Crippen LogP contribution in [-0.4, -0.2) is 27.7 Å². The molecule has 0 amide bonds. The second kappa shape index (κ2) is 9.36. The number of fused-ring (bicyclic) bond motifs is 1. The van der Waals surface area contributed by atoms with Crippen LogP contribution in [0.25, 0.3) is 22.3 Å². The summed E-state index contributed by atoms with van der Waals surface area (Å²) < 4.78 is 36.0. The number of alkyl halides is 2. The van der Waals surface area contributed by atoms with E-state index in [1.165, 1.54) is 25.0 Å². The fourth-order valence-corrected chi connectivity index (χ4v) is 3.99. The van der Waals surface area contributed by atoms with Gasteiger partial charge in [0.05, 0.1) is 11.6 Å². The summed E-state index contributed by atoms with van der Waals surface area (Å²) >= 11 is 0. The minimum Gasteiger partial charge on any atom is -0.490 e. The monoisotopic (exact) mass is 448 g/mol. The van der Waals surface area contributed by atoms with E-state index in [0.717, 1.165) is 35.1 Å². The third-order valence-electron chi connectivity index (χ3n) is 5.51. The van der Waals surface area contributed by atoms with E-state index in [2.05, 4.69) is 15.0 Å². The van der Waals surface area contributed by atoms with Crippen molar-refractivity contribution in [3.05, 3.63) is 67.0 Å². The summed E-state index contributed by atoms with van der Waals surface area (Å²) in [6.45, 7) is -2.90. The van der Waals surface area contributed by atoms with Crippen molar-refractivity contribution in [2.45, 2.75) is 38.4 Å². The summed E-state index contributed by atoms with van der Waals surface area (Å²) in [5.41, 5.74) is 2.06. The highest BCUT2D eigenvalue weighted by Crippen LogP contribution is 2.32. The zero-order valence-corrected chi connectivity index (χ0v) is 17.7. The number of pyridine rings is 1. The number of aromatic nitrogens is 3. The molecule has 0 atom stereocenters. The van der Waals surface area contributed by atoms with Crippen LogP contribution >= 0.6 is 0 Å². The molecule has 1 N–H and O–H groups in total. The van der Waals surface area contributed by atoms with Gasteiger partial charge in [-0.05, 0) is 68.1 Å². The van der Waals surface area contributed by atoms with Crippen molar-refractivity contribution >= 4 is 22.4 Å². The number of benzene rings is 2. The molecule has 0 radical (unpaired) electrons.